The Morgan fingerprint density at radius 2 is 0.740 bits per heavy atom. The van der Waals surface area contributed by atoms with Crippen molar-refractivity contribution in [3.63, 3.8) is 0 Å². The molecule has 3 heterocycles. The fourth-order valence-corrected chi connectivity index (χ4v) is 11.9. The van der Waals surface area contributed by atoms with Crippen LogP contribution >= 0.6 is 0 Å². The molecule has 10 rings (SSSR count). The van der Waals surface area contributed by atoms with E-state index in [1.165, 1.54) is 108 Å². The number of nitrogens with two attached hydrogens (primary N) is 1. The van der Waals surface area contributed by atoms with Crippen molar-refractivity contribution in [2.75, 3.05) is 99.5 Å². The third-order valence-corrected chi connectivity index (χ3v) is 18.8. The fourth-order valence-electron chi connectivity index (χ4n) is 11.9. The van der Waals surface area contributed by atoms with Crippen LogP contribution in [0, 0.1) is 23.3 Å². The molecule has 2 amide bonds. The zero-order valence-electron chi connectivity index (χ0n) is 74.9. The number of carboxylic acids is 1. The SMILES string of the molecule is COc1ccc(CN(Cc2c(F)ccc(OC)c2OC)C(=O)c2cc(C(C)(C)C)nn2C)c(OC)c1.COc1ccc(CN)c(OC)c1.COc1ccc(CNCc2c(F)ccc(OC)c2OC)c(OC)c1.COc1ccc(F)c(C=O)c1OC.COc1ccc(F)c(CNC(=O)c2cc(C(C)(C)C)nn2C)c1OC.Cn1nc(C(C)(C)C)cc1C(=O)O. The molecule has 29 nitrogen and oxygen atoms in total. The lowest BCUT2D eigenvalue weighted by molar-refractivity contribution is 0.0682. The number of hydrogen-bond donors (Lipinski definition) is 4. The summed E-state index contributed by atoms with van der Waals surface area (Å²) in [5.41, 5.74) is 11.8. The standard InChI is InChI=1S/C27H34FN3O5.C18H24FN3O3.C18H22FNO4.C9H9FO3.C9H14N2O2.C9H13NO2/c1-27(2,3)24-14-21(30(4)29-24)26(32)31(15-17-9-10-18(33-5)13-23(17)35-7)16-19-20(28)11-12-22(34-6)25(19)36-8;1-18(2,3)15-9-13(22(4)21-15)17(23)20-10-11-12(19)7-8-14(24-5)16(11)25-6;1-21-13-6-5-12(17(9-13)23-3)10-20-11-14-15(19)7-8-16(22-2)18(14)24-4;1-12-8-4-3-7(10)6(5-11)9(8)13-2;1-9(2,3)7-5-6(8(12)13)11(4)10-7;1-11-8-4-3-7(6-10)9(5-8)12-2/h9-14H,15-16H2,1-8H3;7-9H,10H2,1-6H3,(H,20,23);5-9,20H,10-11H2,1-4H3;3-5H,1-2H3;5H,1-4H3,(H,12,13);3-5H,6,10H2,1-2H3. The van der Waals surface area contributed by atoms with E-state index in [0.29, 0.717) is 88.9 Å². The van der Waals surface area contributed by atoms with Gasteiger partial charge in [-0.2, -0.15) is 15.3 Å². The summed E-state index contributed by atoms with van der Waals surface area (Å²) in [5, 5.41) is 27.8. The number of methoxy groups -OCH3 is 14. The average molecular weight is 1720 g/mol. The van der Waals surface area contributed by atoms with Crippen molar-refractivity contribution in [1.29, 1.82) is 0 Å². The van der Waals surface area contributed by atoms with Gasteiger partial charge in [0.25, 0.3) is 11.8 Å². The van der Waals surface area contributed by atoms with Crippen molar-refractivity contribution in [2.45, 2.75) is 118 Å². The number of benzene rings is 7. The number of hydrogen-bond acceptors (Lipinski definition) is 23. The molecule has 0 saturated heterocycles. The van der Waals surface area contributed by atoms with Crippen LogP contribution in [0.3, 0.4) is 0 Å². The van der Waals surface area contributed by atoms with Gasteiger partial charge >= 0.3 is 5.97 Å². The van der Waals surface area contributed by atoms with E-state index < -0.39 is 23.4 Å². The molecule has 123 heavy (non-hydrogen) atoms. The van der Waals surface area contributed by atoms with Gasteiger partial charge in [-0.15, -0.1) is 0 Å². The van der Waals surface area contributed by atoms with E-state index in [0.717, 1.165) is 57.1 Å². The van der Waals surface area contributed by atoms with Crippen molar-refractivity contribution in [3.8, 4) is 80.5 Å². The quantitative estimate of drug-likeness (QED) is 0.0250. The minimum Gasteiger partial charge on any atom is -0.497 e. The minimum absolute atomic E-state index is 0.0267. The lowest BCUT2D eigenvalue weighted by Crippen LogP contribution is -2.32. The summed E-state index contributed by atoms with van der Waals surface area (Å²) in [5.74, 6) is 3.25. The van der Waals surface area contributed by atoms with Crippen LogP contribution in [0.15, 0.2) is 121 Å². The van der Waals surface area contributed by atoms with E-state index >= 15 is 4.39 Å². The lowest BCUT2D eigenvalue weighted by atomic mass is 9.92. The highest BCUT2D eigenvalue weighted by Crippen LogP contribution is 2.39. The highest BCUT2D eigenvalue weighted by atomic mass is 19.1. The number of amides is 2. The van der Waals surface area contributed by atoms with Crippen molar-refractivity contribution >= 4 is 24.1 Å². The largest absolute Gasteiger partial charge is 0.497 e. The van der Waals surface area contributed by atoms with Crippen molar-refractivity contribution < 1.29 is 108 Å². The van der Waals surface area contributed by atoms with Gasteiger partial charge in [0.2, 0.25) is 0 Å². The zero-order valence-corrected chi connectivity index (χ0v) is 74.9. The van der Waals surface area contributed by atoms with Gasteiger partial charge in [-0.25, -0.2) is 22.4 Å². The Kier molecular flexibility index (Phi) is 38.3. The van der Waals surface area contributed by atoms with Crippen molar-refractivity contribution in [2.24, 2.45) is 26.9 Å². The number of nitrogens with one attached hydrogen (secondary N) is 2. The number of carboxylic acid groups (broad SMARTS) is 1. The first kappa shape index (κ1) is 101. The molecule has 0 bridgehead atoms. The van der Waals surface area contributed by atoms with Crippen molar-refractivity contribution in [1.82, 2.24) is 44.9 Å². The monoisotopic (exact) mass is 1720 g/mol. The van der Waals surface area contributed by atoms with Crippen LogP contribution in [0.5, 0.6) is 80.5 Å². The average Bonchev–Trinajstić information content (AvgIpc) is 1.73. The molecule has 0 unspecified atom stereocenters. The number of aryl methyl sites for hydroxylation is 3. The lowest BCUT2D eigenvalue weighted by Gasteiger charge is -2.25. The Balaban J connectivity index is 0.000000275. The summed E-state index contributed by atoms with van der Waals surface area (Å²) < 4.78 is 134. The van der Waals surface area contributed by atoms with Crippen molar-refractivity contribution in [3.05, 3.63) is 218 Å². The second-order valence-corrected chi connectivity index (χ2v) is 30.0. The Hall–Kier alpha value is -12.9. The van der Waals surface area contributed by atoms with Gasteiger partial charge in [-0.05, 0) is 91.0 Å². The Labute approximate surface area is 716 Å². The maximum atomic E-state index is 15.1. The molecule has 33 heteroatoms. The van der Waals surface area contributed by atoms with E-state index in [1.54, 1.807) is 105 Å². The first-order valence-electron chi connectivity index (χ1n) is 38.3. The minimum atomic E-state index is -0.939. The van der Waals surface area contributed by atoms with Gasteiger partial charge < -0.3 is 92.7 Å². The second kappa shape index (κ2) is 46.8. The highest BCUT2D eigenvalue weighted by molar-refractivity contribution is 5.93. The smallest absolute Gasteiger partial charge is 0.354 e. The van der Waals surface area contributed by atoms with E-state index in [9.17, 15) is 32.3 Å². The number of rotatable bonds is 29. The zero-order chi connectivity index (χ0) is 92.0. The summed E-state index contributed by atoms with van der Waals surface area (Å²) in [6.45, 7) is 19.5. The van der Waals surface area contributed by atoms with Crippen LogP contribution in [0.2, 0.25) is 0 Å². The number of ether oxygens (including phenoxy) is 14. The van der Waals surface area contributed by atoms with Crippen LogP contribution in [-0.2, 0) is 76.7 Å². The van der Waals surface area contributed by atoms with Gasteiger partial charge in [0, 0.05) is 104 Å². The van der Waals surface area contributed by atoms with E-state index in [-0.39, 0.29) is 93.1 Å². The van der Waals surface area contributed by atoms with E-state index in [1.807, 2.05) is 105 Å². The van der Waals surface area contributed by atoms with Crippen LogP contribution in [0.1, 0.15) is 155 Å². The number of carbonyl (C=O) groups excluding carboxylic acids is 3. The van der Waals surface area contributed by atoms with Crippen LogP contribution in [-0.4, -0.2) is 163 Å². The topological polar surface area (TPSA) is 325 Å². The molecule has 0 saturated carbocycles. The molecule has 0 radical (unpaired) electrons. The van der Waals surface area contributed by atoms with E-state index in [2.05, 4.69) is 25.9 Å². The third-order valence-electron chi connectivity index (χ3n) is 18.8. The molecule has 3 aromatic heterocycles. The number of halogens is 4. The Bertz CT molecular complexity index is 5170. The molecule has 0 spiro atoms. The van der Waals surface area contributed by atoms with Crippen LogP contribution < -0.4 is 82.7 Å². The Morgan fingerprint density at radius 1 is 0.398 bits per heavy atom. The number of aromatic carboxylic acids is 1. The molecule has 0 aliphatic carbocycles. The normalized spacial score (nSPS) is 10.8. The summed E-state index contributed by atoms with van der Waals surface area (Å²) >= 11 is 0. The summed E-state index contributed by atoms with van der Waals surface area (Å²) in [7, 11) is 26.2. The number of carbonyl (C=O) groups is 4. The van der Waals surface area contributed by atoms with Gasteiger partial charge in [-0.3, -0.25) is 28.4 Å². The molecule has 0 aliphatic heterocycles. The molecule has 5 N–H and O–H groups in total. The molecule has 668 valence electrons. The van der Waals surface area contributed by atoms with Gasteiger partial charge in [-0.1, -0.05) is 74.4 Å². The molecule has 0 atom stereocenters. The van der Waals surface area contributed by atoms with Crippen LogP contribution in [0.25, 0.3) is 0 Å². The molecular formula is C90H116F4N10O19. The predicted molar refractivity (Wildman–Crippen MR) is 458 cm³/mol. The fraction of sp³-hybridized carbons (Fsp3) is 0.389. The predicted octanol–water partition coefficient (Wildman–Crippen LogP) is 14.9. The maximum Gasteiger partial charge on any atom is 0.354 e. The van der Waals surface area contributed by atoms with Gasteiger partial charge in [0.15, 0.2) is 52.3 Å². The molecule has 7 aromatic carbocycles. The van der Waals surface area contributed by atoms with E-state index in [4.69, 9.17) is 77.2 Å². The Morgan fingerprint density at radius 3 is 1.11 bits per heavy atom. The molecular weight excluding hydrogens is 1600 g/mol. The number of aldehydes is 1. The summed E-state index contributed by atoms with van der Waals surface area (Å²) in [6, 6.07) is 32.7. The first-order valence-corrected chi connectivity index (χ1v) is 38.3. The summed E-state index contributed by atoms with van der Waals surface area (Å²) in [4.78, 5) is 49.1. The molecule has 10 aromatic rings. The van der Waals surface area contributed by atoms with Gasteiger partial charge in [0.1, 0.15) is 74.8 Å². The summed E-state index contributed by atoms with van der Waals surface area (Å²) in [6.07, 6.45) is 0.399. The third kappa shape index (κ3) is 27.0. The molecule has 0 aliphatic rings. The first-order chi connectivity index (χ1) is 58.2. The maximum absolute atomic E-state index is 15.1. The molecule has 0 fully saturated rings. The number of nitrogens with zero attached hydrogens (tertiary/aromatic N) is 7. The number of aromatic nitrogens is 6. The second-order valence-electron chi connectivity index (χ2n) is 30.0. The highest BCUT2D eigenvalue weighted by Gasteiger charge is 2.30. The van der Waals surface area contributed by atoms with Crippen LogP contribution in [0.4, 0.5) is 17.6 Å². The van der Waals surface area contributed by atoms with Gasteiger partial charge in [0.05, 0.1) is 146 Å².